The summed E-state index contributed by atoms with van der Waals surface area (Å²) in [7, 11) is 0. The number of nitrogens with one attached hydrogen (secondary N) is 1. The van der Waals surface area contributed by atoms with Crippen molar-refractivity contribution < 1.29 is 19.1 Å². The minimum atomic E-state index is -0.619. The van der Waals surface area contributed by atoms with Gasteiger partial charge in [0.2, 0.25) is 11.8 Å². The molecule has 5 rings (SSSR count). The van der Waals surface area contributed by atoms with Gasteiger partial charge in [0.15, 0.2) is 0 Å². The minimum Gasteiger partial charge on any atom is -0.493 e. The van der Waals surface area contributed by atoms with Crippen LogP contribution >= 0.6 is 0 Å². The van der Waals surface area contributed by atoms with E-state index in [2.05, 4.69) is 11.4 Å². The van der Waals surface area contributed by atoms with Gasteiger partial charge >= 0.3 is 0 Å². The van der Waals surface area contributed by atoms with Gasteiger partial charge in [-0.05, 0) is 43.9 Å². The van der Waals surface area contributed by atoms with Gasteiger partial charge in [0.25, 0.3) is 0 Å². The predicted molar refractivity (Wildman–Crippen MR) is 103 cm³/mol. The largest absolute Gasteiger partial charge is 0.493 e. The molecular weight excluding hydrogens is 356 g/mol. The number of likely N-dealkylation sites (tertiary alicyclic amines) is 1. The van der Waals surface area contributed by atoms with E-state index >= 15 is 0 Å². The third-order valence-electron chi connectivity index (χ3n) is 6.65. The summed E-state index contributed by atoms with van der Waals surface area (Å²) in [4.78, 5) is 27.8. The summed E-state index contributed by atoms with van der Waals surface area (Å²) in [5, 5.41) is 3.13. The van der Waals surface area contributed by atoms with Gasteiger partial charge < -0.3 is 19.7 Å². The van der Waals surface area contributed by atoms with E-state index in [0.29, 0.717) is 13.1 Å². The van der Waals surface area contributed by atoms with Crippen molar-refractivity contribution >= 4 is 11.8 Å². The minimum absolute atomic E-state index is 0.0353. The fourth-order valence-corrected chi connectivity index (χ4v) is 5.19. The van der Waals surface area contributed by atoms with Gasteiger partial charge in [-0.3, -0.25) is 9.59 Å². The van der Waals surface area contributed by atoms with Crippen LogP contribution < -0.4 is 10.1 Å². The Hall–Kier alpha value is -2.34. The number of carbonyl (C=O) groups excluding carboxylic acids is 2. The quantitative estimate of drug-likeness (QED) is 0.809. The average Bonchev–Trinajstić information content (AvgIpc) is 3.35. The first kappa shape index (κ1) is 17.7. The summed E-state index contributed by atoms with van der Waals surface area (Å²) in [5.41, 5.74) is 1.63. The topological polar surface area (TPSA) is 67.9 Å². The standard InChI is InChI=1S/C22H26N2O4/c1-3-24-12-22-9-8-17(28-22)18(19(22)21(24)26)20(25)23-13(2)14-6-7-16-15(11-14)5-4-10-27-16/h6-9,11,13,17-19H,3-5,10,12H2,1-2H3,(H,23,25)/t13-,17+,18-,19-,22+/m0/s1. The van der Waals surface area contributed by atoms with Crippen molar-refractivity contribution in [1.82, 2.24) is 10.2 Å². The number of fused-ring (bicyclic) bond motifs is 2. The molecule has 1 spiro atoms. The molecule has 6 nitrogen and oxygen atoms in total. The second-order valence-electron chi connectivity index (χ2n) is 8.30. The van der Waals surface area contributed by atoms with Crippen LogP contribution in [0.4, 0.5) is 0 Å². The summed E-state index contributed by atoms with van der Waals surface area (Å²) in [6, 6.07) is 5.98. The van der Waals surface area contributed by atoms with Crippen LogP contribution in [0.25, 0.3) is 0 Å². The van der Waals surface area contributed by atoms with E-state index in [1.54, 1.807) is 4.90 Å². The third-order valence-corrected chi connectivity index (χ3v) is 6.65. The number of aryl methyl sites for hydroxylation is 1. The Balaban J connectivity index is 1.34. The zero-order valence-corrected chi connectivity index (χ0v) is 16.3. The molecule has 0 radical (unpaired) electrons. The Morgan fingerprint density at radius 3 is 3.11 bits per heavy atom. The van der Waals surface area contributed by atoms with Crippen molar-refractivity contribution in [1.29, 1.82) is 0 Å². The van der Waals surface area contributed by atoms with Crippen LogP contribution in [0.15, 0.2) is 30.4 Å². The lowest BCUT2D eigenvalue weighted by molar-refractivity contribution is -0.137. The molecule has 1 N–H and O–H groups in total. The number of hydrogen-bond donors (Lipinski definition) is 1. The fraction of sp³-hybridized carbons (Fsp3) is 0.545. The fourth-order valence-electron chi connectivity index (χ4n) is 5.19. The van der Waals surface area contributed by atoms with E-state index in [0.717, 1.165) is 30.8 Å². The molecule has 148 valence electrons. The zero-order chi connectivity index (χ0) is 19.5. The number of ether oxygens (including phenoxy) is 2. The smallest absolute Gasteiger partial charge is 0.230 e. The SMILES string of the molecule is CCN1C[C@@]23C=C[C@@H](O2)[C@H](C(=O)N[C@@H](C)c2ccc4c(c2)CCCO4)[C@H]3C1=O. The first-order valence-electron chi connectivity index (χ1n) is 10.2. The van der Waals surface area contributed by atoms with Gasteiger partial charge in [0, 0.05) is 6.54 Å². The molecule has 28 heavy (non-hydrogen) atoms. The van der Waals surface area contributed by atoms with Crippen molar-refractivity contribution in [2.45, 2.75) is 44.4 Å². The van der Waals surface area contributed by atoms with E-state index in [9.17, 15) is 9.59 Å². The predicted octanol–water partition coefficient (Wildman–Crippen LogP) is 1.99. The number of amides is 2. The number of nitrogens with zero attached hydrogens (tertiary/aromatic N) is 1. The van der Waals surface area contributed by atoms with Gasteiger partial charge in [0.1, 0.15) is 11.4 Å². The number of hydrogen-bond acceptors (Lipinski definition) is 4. The van der Waals surface area contributed by atoms with Crippen LogP contribution in [-0.2, 0) is 20.7 Å². The second kappa shape index (κ2) is 6.34. The molecule has 1 aromatic carbocycles. The van der Waals surface area contributed by atoms with Gasteiger partial charge in [-0.25, -0.2) is 0 Å². The summed E-state index contributed by atoms with van der Waals surface area (Å²) < 4.78 is 11.8. The Morgan fingerprint density at radius 1 is 1.43 bits per heavy atom. The van der Waals surface area contributed by atoms with Crippen LogP contribution in [0.5, 0.6) is 5.75 Å². The molecule has 0 aromatic heterocycles. The van der Waals surface area contributed by atoms with Gasteiger partial charge in [0.05, 0.1) is 37.1 Å². The van der Waals surface area contributed by atoms with E-state index in [4.69, 9.17) is 9.47 Å². The van der Waals surface area contributed by atoms with E-state index in [-0.39, 0.29) is 24.0 Å². The van der Waals surface area contributed by atoms with Crippen LogP contribution in [0.2, 0.25) is 0 Å². The first-order valence-corrected chi connectivity index (χ1v) is 10.2. The summed E-state index contributed by atoms with van der Waals surface area (Å²) >= 11 is 0. The zero-order valence-electron chi connectivity index (χ0n) is 16.3. The lowest BCUT2D eigenvalue weighted by Crippen LogP contribution is -2.44. The highest BCUT2D eigenvalue weighted by Gasteiger charge is 2.66. The maximum absolute atomic E-state index is 13.2. The third kappa shape index (κ3) is 2.50. The normalized spacial score (nSPS) is 33.4. The van der Waals surface area contributed by atoms with Crippen LogP contribution in [0, 0.1) is 11.8 Å². The average molecular weight is 382 g/mol. The molecule has 5 atom stereocenters. The highest BCUT2D eigenvalue weighted by atomic mass is 16.5. The lowest BCUT2D eigenvalue weighted by atomic mass is 9.76. The van der Waals surface area contributed by atoms with Crippen LogP contribution in [0.3, 0.4) is 0 Å². The Kier molecular flexibility index (Phi) is 4.02. The Bertz CT molecular complexity index is 866. The molecule has 0 unspecified atom stereocenters. The summed E-state index contributed by atoms with van der Waals surface area (Å²) in [6.07, 6.45) is 5.65. The van der Waals surface area contributed by atoms with Crippen LogP contribution in [-0.4, -0.2) is 48.1 Å². The number of benzene rings is 1. The first-order chi connectivity index (χ1) is 13.5. The maximum atomic E-state index is 13.2. The molecule has 4 aliphatic heterocycles. The lowest BCUT2D eigenvalue weighted by Gasteiger charge is -2.26. The van der Waals surface area contributed by atoms with Crippen LogP contribution in [0.1, 0.15) is 37.4 Å². The van der Waals surface area contributed by atoms with Crippen molar-refractivity contribution in [3.05, 3.63) is 41.5 Å². The molecule has 4 aliphatic rings. The molecule has 1 aromatic rings. The number of likely N-dealkylation sites (N-methyl/N-ethyl adjacent to an activating group) is 1. The molecule has 6 heteroatoms. The van der Waals surface area contributed by atoms with Gasteiger partial charge in [-0.1, -0.05) is 24.3 Å². The molecule has 2 amide bonds. The number of rotatable bonds is 4. The number of carbonyl (C=O) groups is 2. The highest BCUT2D eigenvalue weighted by molar-refractivity contribution is 5.93. The molecule has 0 saturated carbocycles. The van der Waals surface area contributed by atoms with Gasteiger partial charge in [-0.15, -0.1) is 0 Å². The Morgan fingerprint density at radius 2 is 2.29 bits per heavy atom. The van der Waals surface area contributed by atoms with E-state index < -0.39 is 17.4 Å². The molecule has 0 aliphatic carbocycles. The van der Waals surface area contributed by atoms with Crippen molar-refractivity contribution in [3.63, 3.8) is 0 Å². The van der Waals surface area contributed by atoms with E-state index in [1.807, 2.05) is 38.1 Å². The molecule has 2 saturated heterocycles. The highest BCUT2D eigenvalue weighted by Crippen LogP contribution is 2.51. The second-order valence-corrected chi connectivity index (χ2v) is 8.30. The van der Waals surface area contributed by atoms with Gasteiger partial charge in [-0.2, -0.15) is 0 Å². The van der Waals surface area contributed by atoms with Crippen molar-refractivity contribution in [2.24, 2.45) is 11.8 Å². The Labute approximate surface area is 164 Å². The molecule has 4 heterocycles. The van der Waals surface area contributed by atoms with Crippen molar-refractivity contribution in [3.8, 4) is 5.75 Å². The molecular formula is C22H26N2O4. The van der Waals surface area contributed by atoms with E-state index in [1.165, 1.54) is 5.56 Å². The monoisotopic (exact) mass is 382 g/mol. The molecule has 2 fully saturated rings. The molecule has 2 bridgehead atoms. The maximum Gasteiger partial charge on any atom is 0.230 e. The summed E-state index contributed by atoms with van der Waals surface area (Å²) in [6.45, 7) is 5.90. The summed E-state index contributed by atoms with van der Waals surface area (Å²) in [5.74, 6) is 0.00411. The van der Waals surface area contributed by atoms with Crippen molar-refractivity contribution in [2.75, 3.05) is 19.7 Å².